The second kappa shape index (κ2) is 9.30. The molecule has 0 aliphatic rings. The van der Waals surface area contributed by atoms with Crippen molar-refractivity contribution in [2.45, 2.75) is 32.9 Å². The van der Waals surface area contributed by atoms with Gasteiger partial charge in [-0.1, -0.05) is 36.4 Å². The van der Waals surface area contributed by atoms with Crippen LogP contribution >= 0.6 is 0 Å². The van der Waals surface area contributed by atoms with E-state index in [9.17, 15) is 14.4 Å². The maximum Gasteiger partial charge on any atom is 0.319 e. The number of nitrogens with one attached hydrogen (secondary N) is 3. The highest BCUT2D eigenvalue weighted by Crippen LogP contribution is 2.13. The van der Waals surface area contributed by atoms with Crippen molar-refractivity contribution in [3.8, 4) is 0 Å². The Morgan fingerprint density at radius 2 is 1.65 bits per heavy atom. The van der Waals surface area contributed by atoms with Crippen LogP contribution in [0.2, 0.25) is 0 Å². The van der Waals surface area contributed by atoms with Gasteiger partial charge in [-0.15, -0.1) is 0 Å². The van der Waals surface area contributed by atoms with Gasteiger partial charge in [0.15, 0.2) is 0 Å². The van der Waals surface area contributed by atoms with Crippen molar-refractivity contribution in [1.82, 2.24) is 9.88 Å². The van der Waals surface area contributed by atoms with E-state index in [1.165, 1.54) is 0 Å². The van der Waals surface area contributed by atoms with Gasteiger partial charge in [0.1, 0.15) is 5.69 Å². The smallest absolute Gasteiger partial charge is 0.319 e. The zero-order valence-corrected chi connectivity index (χ0v) is 17.8. The maximum atomic E-state index is 12.8. The first-order chi connectivity index (χ1) is 14.7. The Kier molecular flexibility index (Phi) is 6.55. The van der Waals surface area contributed by atoms with Crippen LogP contribution in [0.5, 0.6) is 0 Å². The van der Waals surface area contributed by atoms with Crippen LogP contribution in [0.4, 0.5) is 16.2 Å². The van der Waals surface area contributed by atoms with Crippen molar-refractivity contribution in [2.24, 2.45) is 0 Å². The van der Waals surface area contributed by atoms with Crippen LogP contribution < -0.4 is 21.5 Å². The summed E-state index contributed by atoms with van der Waals surface area (Å²) < 4.78 is 1.54. The number of benzene rings is 2. The van der Waals surface area contributed by atoms with E-state index in [1.807, 2.05) is 51.1 Å². The van der Waals surface area contributed by atoms with E-state index in [0.717, 1.165) is 5.56 Å². The number of pyridine rings is 1. The molecule has 0 atom stereocenters. The zero-order chi connectivity index (χ0) is 22.4. The molecule has 160 valence electrons. The topological polar surface area (TPSA) is 92.2 Å². The summed E-state index contributed by atoms with van der Waals surface area (Å²) in [7, 11) is 0. The van der Waals surface area contributed by atoms with E-state index in [-0.39, 0.29) is 22.8 Å². The molecule has 0 spiro atoms. The molecule has 0 aliphatic carbocycles. The summed E-state index contributed by atoms with van der Waals surface area (Å²) in [6.45, 7) is 6.04. The van der Waals surface area contributed by atoms with Gasteiger partial charge in [0.05, 0.1) is 6.54 Å². The van der Waals surface area contributed by atoms with E-state index in [2.05, 4.69) is 16.0 Å². The summed E-state index contributed by atoms with van der Waals surface area (Å²) in [5.74, 6) is -0.436. The summed E-state index contributed by atoms with van der Waals surface area (Å²) in [5.41, 5.74) is 1.30. The fraction of sp³-hybridized carbons (Fsp3) is 0.208. The molecule has 0 saturated heterocycles. The van der Waals surface area contributed by atoms with E-state index < -0.39 is 5.91 Å². The van der Waals surface area contributed by atoms with Crippen LogP contribution in [0, 0.1) is 0 Å². The van der Waals surface area contributed by atoms with Gasteiger partial charge in [-0.25, -0.2) is 4.79 Å². The zero-order valence-electron chi connectivity index (χ0n) is 17.8. The average molecular weight is 418 g/mol. The van der Waals surface area contributed by atoms with Gasteiger partial charge in [0, 0.05) is 23.0 Å². The van der Waals surface area contributed by atoms with Gasteiger partial charge in [0.25, 0.3) is 11.5 Å². The van der Waals surface area contributed by atoms with Crippen LogP contribution in [0.1, 0.15) is 36.7 Å². The minimum atomic E-state index is -0.436. The van der Waals surface area contributed by atoms with Crippen LogP contribution in [-0.2, 0) is 6.54 Å². The van der Waals surface area contributed by atoms with Gasteiger partial charge < -0.3 is 20.5 Å². The molecule has 7 heteroatoms. The first kappa shape index (κ1) is 21.8. The van der Waals surface area contributed by atoms with Gasteiger partial charge in [-0.3, -0.25) is 9.59 Å². The second-order valence-corrected chi connectivity index (χ2v) is 8.20. The molecule has 0 aliphatic heterocycles. The summed E-state index contributed by atoms with van der Waals surface area (Å²) >= 11 is 0. The number of nitrogens with zero attached hydrogens (tertiary/aromatic N) is 1. The molecule has 3 aromatic rings. The van der Waals surface area contributed by atoms with Gasteiger partial charge in [0.2, 0.25) is 0 Å². The third-order valence-corrected chi connectivity index (χ3v) is 4.34. The monoisotopic (exact) mass is 418 g/mol. The molecule has 0 bridgehead atoms. The van der Waals surface area contributed by atoms with Crippen LogP contribution in [0.3, 0.4) is 0 Å². The Balaban J connectivity index is 1.73. The first-order valence-electron chi connectivity index (χ1n) is 9.95. The number of carbonyl (C=O) groups is 2. The molecule has 3 N–H and O–H groups in total. The average Bonchev–Trinajstić information content (AvgIpc) is 2.70. The Bertz CT molecular complexity index is 1130. The van der Waals surface area contributed by atoms with E-state index in [4.69, 9.17) is 0 Å². The molecule has 1 heterocycles. The fourth-order valence-electron chi connectivity index (χ4n) is 2.97. The Morgan fingerprint density at radius 1 is 0.903 bits per heavy atom. The summed E-state index contributed by atoms with van der Waals surface area (Å²) in [6.07, 6.45) is 1.68. The molecule has 0 fully saturated rings. The number of urea groups is 1. The molecule has 1 aromatic heterocycles. The minimum Gasteiger partial charge on any atom is -0.333 e. The third-order valence-electron chi connectivity index (χ3n) is 4.34. The highest BCUT2D eigenvalue weighted by molar-refractivity contribution is 6.05. The number of aromatic nitrogens is 1. The highest BCUT2D eigenvalue weighted by Gasteiger charge is 2.15. The lowest BCUT2D eigenvalue weighted by Gasteiger charge is -2.20. The molecule has 0 radical (unpaired) electrons. The van der Waals surface area contributed by atoms with Crippen LogP contribution in [-0.4, -0.2) is 22.0 Å². The predicted octanol–water partition coefficient (Wildman–Crippen LogP) is 4.07. The van der Waals surface area contributed by atoms with Crippen molar-refractivity contribution in [1.29, 1.82) is 0 Å². The fourth-order valence-corrected chi connectivity index (χ4v) is 2.97. The SMILES string of the molecule is CC(C)(C)NC(=O)Nc1cccc(C(=O)Nc2cccn(Cc3ccccc3)c2=O)c1. The normalized spacial score (nSPS) is 10.9. The lowest BCUT2D eigenvalue weighted by atomic mass is 10.1. The molecule has 0 unspecified atom stereocenters. The number of rotatable bonds is 5. The Labute approximate surface area is 181 Å². The molecule has 31 heavy (non-hydrogen) atoms. The highest BCUT2D eigenvalue weighted by atomic mass is 16.2. The summed E-state index contributed by atoms with van der Waals surface area (Å²) in [5, 5.41) is 8.18. The molecular weight excluding hydrogens is 392 g/mol. The van der Waals surface area contributed by atoms with Gasteiger partial charge in [-0.2, -0.15) is 0 Å². The van der Waals surface area contributed by atoms with Crippen LogP contribution in [0.15, 0.2) is 77.7 Å². The van der Waals surface area contributed by atoms with Crippen molar-refractivity contribution in [3.63, 3.8) is 0 Å². The largest absolute Gasteiger partial charge is 0.333 e. The van der Waals surface area contributed by atoms with Crippen molar-refractivity contribution in [3.05, 3.63) is 94.4 Å². The lowest BCUT2D eigenvalue weighted by molar-refractivity contribution is 0.102. The standard InChI is InChI=1S/C24H26N4O3/c1-24(2,3)27-23(31)25-19-12-7-11-18(15-19)21(29)26-20-13-8-14-28(22(20)30)16-17-9-5-4-6-10-17/h4-15H,16H2,1-3H3,(H,26,29)(H2,25,27,31). The number of hydrogen-bond acceptors (Lipinski definition) is 3. The van der Waals surface area contributed by atoms with Crippen molar-refractivity contribution in [2.75, 3.05) is 10.6 Å². The lowest BCUT2D eigenvalue weighted by Crippen LogP contribution is -2.43. The van der Waals surface area contributed by atoms with E-state index in [1.54, 1.807) is 47.2 Å². The molecular formula is C24H26N4O3. The van der Waals surface area contributed by atoms with Crippen molar-refractivity contribution < 1.29 is 9.59 Å². The number of carbonyl (C=O) groups excluding carboxylic acids is 2. The number of anilines is 2. The quantitative estimate of drug-likeness (QED) is 0.583. The molecule has 3 amide bonds. The molecule has 0 saturated carbocycles. The maximum absolute atomic E-state index is 12.8. The molecule has 7 nitrogen and oxygen atoms in total. The molecule has 3 rings (SSSR count). The van der Waals surface area contributed by atoms with Crippen molar-refractivity contribution >= 4 is 23.3 Å². The van der Waals surface area contributed by atoms with E-state index in [0.29, 0.717) is 17.8 Å². The minimum absolute atomic E-state index is 0.187. The summed E-state index contributed by atoms with van der Waals surface area (Å²) in [6, 6.07) is 19.1. The third kappa shape index (κ3) is 6.30. The number of hydrogen-bond donors (Lipinski definition) is 3. The Hall–Kier alpha value is -3.87. The first-order valence-corrected chi connectivity index (χ1v) is 9.95. The number of amides is 3. The van der Waals surface area contributed by atoms with Crippen LogP contribution in [0.25, 0.3) is 0 Å². The molecule has 2 aromatic carbocycles. The Morgan fingerprint density at radius 3 is 2.35 bits per heavy atom. The van der Waals surface area contributed by atoms with E-state index >= 15 is 0 Å². The predicted molar refractivity (Wildman–Crippen MR) is 123 cm³/mol. The second-order valence-electron chi connectivity index (χ2n) is 8.20. The van der Waals surface area contributed by atoms with Gasteiger partial charge >= 0.3 is 6.03 Å². The summed E-state index contributed by atoms with van der Waals surface area (Å²) in [4.78, 5) is 37.5. The van der Waals surface area contributed by atoms with Gasteiger partial charge in [-0.05, 0) is 56.7 Å².